The normalized spacial score (nSPS) is 22.8. The smallest absolute Gasteiger partial charge is 0.271 e. The number of nitrogens with one attached hydrogen (secondary N) is 1. The molecule has 9 heteroatoms. The number of pyridine rings is 1. The van der Waals surface area contributed by atoms with E-state index in [-0.39, 0.29) is 28.8 Å². The number of fused-ring (bicyclic) bond motifs is 2. The van der Waals surface area contributed by atoms with Gasteiger partial charge in [-0.25, -0.2) is 4.39 Å². The molecule has 0 spiro atoms. The van der Waals surface area contributed by atoms with Gasteiger partial charge in [0, 0.05) is 19.1 Å². The quantitative estimate of drug-likeness (QED) is 0.683. The van der Waals surface area contributed by atoms with E-state index < -0.39 is 16.8 Å². The molecule has 0 bridgehead atoms. The van der Waals surface area contributed by atoms with Crippen molar-refractivity contribution in [2.24, 2.45) is 11.7 Å². The van der Waals surface area contributed by atoms with Crippen LogP contribution >= 0.6 is 11.5 Å². The van der Waals surface area contributed by atoms with Gasteiger partial charge in [-0.2, -0.15) is 0 Å². The standard InChI is InChI=1S/C19H21FN4O3S/c1-8-7-27-17-14-11(16(25)13-18(26)22-28-19(13)24(8)14)5-12(20)15(17)23-4-3-10(6-23)9(2)21/h5,8-10H,3-4,6-7,21H2,1-2H3,(H,22,26)/t8-,9+,10?/m0/s1. The predicted octanol–water partition coefficient (Wildman–Crippen LogP) is 2.17. The van der Waals surface area contributed by atoms with Crippen LogP contribution in [-0.4, -0.2) is 34.7 Å². The summed E-state index contributed by atoms with van der Waals surface area (Å²) in [5.41, 5.74) is 6.11. The van der Waals surface area contributed by atoms with E-state index in [0.29, 0.717) is 41.5 Å². The summed E-state index contributed by atoms with van der Waals surface area (Å²) in [6.45, 7) is 5.60. The molecule has 2 aromatic heterocycles. The molecular formula is C19H21FN4O3S. The van der Waals surface area contributed by atoms with Crippen LogP contribution in [0.25, 0.3) is 21.1 Å². The van der Waals surface area contributed by atoms with Crippen molar-refractivity contribution >= 4 is 38.3 Å². The van der Waals surface area contributed by atoms with Gasteiger partial charge in [0.1, 0.15) is 22.5 Å². The zero-order chi connectivity index (χ0) is 19.7. The highest BCUT2D eigenvalue weighted by molar-refractivity contribution is 7.12. The number of benzene rings is 1. The van der Waals surface area contributed by atoms with Gasteiger partial charge in [-0.3, -0.25) is 14.0 Å². The molecule has 0 aliphatic carbocycles. The first-order valence-electron chi connectivity index (χ1n) is 9.43. The number of anilines is 1. The molecule has 3 aromatic rings. The first-order valence-corrected chi connectivity index (χ1v) is 10.2. The average molecular weight is 404 g/mol. The van der Waals surface area contributed by atoms with Gasteiger partial charge in [-0.05, 0) is 43.8 Å². The van der Waals surface area contributed by atoms with Crippen LogP contribution in [0, 0.1) is 11.7 Å². The minimum absolute atomic E-state index is 0.0285. The third-order valence-electron chi connectivity index (χ3n) is 5.99. The Balaban J connectivity index is 1.84. The molecule has 2 aliphatic heterocycles. The molecule has 148 valence electrons. The number of hydrogen-bond donors (Lipinski definition) is 2. The van der Waals surface area contributed by atoms with Gasteiger partial charge in [-0.1, -0.05) is 0 Å². The summed E-state index contributed by atoms with van der Waals surface area (Å²) in [6.07, 6.45) is 0.885. The average Bonchev–Trinajstić information content (AvgIpc) is 3.27. The lowest BCUT2D eigenvalue weighted by Gasteiger charge is -2.31. The van der Waals surface area contributed by atoms with Gasteiger partial charge in [0.25, 0.3) is 5.56 Å². The molecule has 7 nitrogen and oxygen atoms in total. The number of nitrogens with two attached hydrogens (primary N) is 1. The molecule has 0 radical (unpaired) electrons. The highest BCUT2D eigenvalue weighted by Gasteiger charge is 2.34. The zero-order valence-electron chi connectivity index (χ0n) is 15.6. The predicted molar refractivity (Wildman–Crippen MR) is 108 cm³/mol. The van der Waals surface area contributed by atoms with Crippen molar-refractivity contribution in [3.05, 3.63) is 32.5 Å². The number of aromatic amines is 1. The second-order valence-electron chi connectivity index (χ2n) is 7.86. The lowest BCUT2D eigenvalue weighted by atomic mass is 10.0. The van der Waals surface area contributed by atoms with E-state index in [0.717, 1.165) is 18.0 Å². The number of H-pyrrole nitrogens is 1. The molecule has 0 amide bonds. The van der Waals surface area contributed by atoms with E-state index in [4.69, 9.17) is 10.5 Å². The SMILES string of the molecule is C[C@@H](N)C1CCN(c2c(F)cc3c(=O)c4c(=O)[nH]sc4n4c3c2OC[C@@H]4C)C1. The number of nitrogens with zero attached hydrogens (tertiary/aromatic N) is 2. The van der Waals surface area contributed by atoms with E-state index in [9.17, 15) is 9.59 Å². The molecule has 1 fully saturated rings. The third kappa shape index (κ3) is 2.29. The molecule has 1 aromatic carbocycles. The fourth-order valence-corrected chi connectivity index (χ4v) is 5.42. The van der Waals surface area contributed by atoms with Gasteiger partial charge >= 0.3 is 0 Å². The van der Waals surface area contributed by atoms with E-state index >= 15 is 4.39 Å². The Morgan fingerprint density at radius 1 is 1.43 bits per heavy atom. The molecule has 2 aliphatic rings. The summed E-state index contributed by atoms with van der Waals surface area (Å²) in [5, 5.41) is 0.268. The summed E-state index contributed by atoms with van der Waals surface area (Å²) in [7, 11) is 0. The Morgan fingerprint density at radius 3 is 2.93 bits per heavy atom. The molecule has 0 saturated carbocycles. The monoisotopic (exact) mass is 404 g/mol. The lowest BCUT2D eigenvalue weighted by Crippen LogP contribution is -2.31. The van der Waals surface area contributed by atoms with Crippen molar-refractivity contribution < 1.29 is 9.13 Å². The van der Waals surface area contributed by atoms with E-state index in [1.54, 1.807) is 0 Å². The van der Waals surface area contributed by atoms with Gasteiger partial charge < -0.3 is 19.9 Å². The fourth-order valence-electron chi connectivity index (χ4n) is 4.47. The Morgan fingerprint density at radius 2 is 2.21 bits per heavy atom. The van der Waals surface area contributed by atoms with Crippen molar-refractivity contribution in [3.63, 3.8) is 0 Å². The van der Waals surface area contributed by atoms with E-state index in [2.05, 4.69) is 4.37 Å². The van der Waals surface area contributed by atoms with E-state index in [1.807, 2.05) is 23.3 Å². The number of aromatic nitrogens is 2. The maximum atomic E-state index is 15.2. The minimum Gasteiger partial charge on any atom is -0.487 e. The highest BCUT2D eigenvalue weighted by atomic mass is 32.1. The summed E-state index contributed by atoms with van der Waals surface area (Å²) >= 11 is 1.13. The number of ether oxygens (including phenoxy) is 1. The summed E-state index contributed by atoms with van der Waals surface area (Å²) in [6, 6.07) is 1.20. The fraction of sp³-hybridized carbons (Fsp3) is 0.474. The van der Waals surface area contributed by atoms with Crippen LogP contribution in [0.3, 0.4) is 0 Å². The Kier molecular flexibility index (Phi) is 3.82. The second-order valence-corrected chi connectivity index (χ2v) is 8.65. The maximum absolute atomic E-state index is 15.2. The lowest BCUT2D eigenvalue weighted by molar-refractivity contribution is 0.250. The second kappa shape index (κ2) is 6.05. The van der Waals surface area contributed by atoms with Crippen molar-refractivity contribution in [2.45, 2.75) is 32.4 Å². The van der Waals surface area contributed by atoms with Crippen LogP contribution in [-0.2, 0) is 0 Å². The summed E-state index contributed by atoms with van der Waals surface area (Å²) in [4.78, 5) is 27.7. The molecule has 1 unspecified atom stereocenters. The van der Waals surface area contributed by atoms with Crippen LogP contribution in [0.2, 0.25) is 0 Å². The Bertz CT molecular complexity index is 1230. The molecule has 3 N–H and O–H groups in total. The van der Waals surface area contributed by atoms with Crippen LogP contribution in [0.1, 0.15) is 26.3 Å². The first kappa shape index (κ1) is 17.7. The molecule has 28 heavy (non-hydrogen) atoms. The molecule has 5 rings (SSSR count). The van der Waals surface area contributed by atoms with Crippen molar-refractivity contribution in [1.82, 2.24) is 8.94 Å². The number of halogens is 1. The van der Waals surface area contributed by atoms with Crippen LogP contribution in [0.4, 0.5) is 10.1 Å². The number of rotatable bonds is 2. The van der Waals surface area contributed by atoms with Gasteiger partial charge in [0.05, 0.1) is 16.9 Å². The highest BCUT2D eigenvalue weighted by Crippen LogP contribution is 2.44. The largest absolute Gasteiger partial charge is 0.487 e. The summed E-state index contributed by atoms with van der Waals surface area (Å²) < 4.78 is 25.8. The molecular weight excluding hydrogens is 383 g/mol. The summed E-state index contributed by atoms with van der Waals surface area (Å²) in [5.74, 6) is 0.166. The first-order chi connectivity index (χ1) is 13.4. The van der Waals surface area contributed by atoms with Crippen molar-refractivity contribution in [3.8, 4) is 5.75 Å². The zero-order valence-corrected chi connectivity index (χ0v) is 16.4. The maximum Gasteiger partial charge on any atom is 0.271 e. The Hall–Kier alpha value is -2.39. The minimum atomic E-state index is -0.503. The van der Waals surface area contributed by atoms with Crippen LogP contribution in [0.15, 0.2) is 15.7 Å². The van der Waals surface area contributed by atoms with Gasteiger partial charge in [-0.15, -0.1) is 0 Å². The van der Waals surface area contributed by atoms with Crippen molar-refractivity contribution in [1.29, 1.82) is 0 Å². The van der Waals surface area contributed by atoms with Gasteiger partial charge in [0.15, 0.2) is 11.6 Å². The van der Waals surface area contributed by atoms with Crippen LogP contribution in [0.5, 0.6) is 5.75 Å². The molecule has 1 saturated heterocycles. The molecule has 3 atom stereocenters. The molecule has 4 heterocycles. The topological polar surface area (TPSA) is 93.4 Å². The van der Waals surface area contributed by atoms with Gasteiger partial charge in [0.2, 0.25) is 5.43 Å². The van der Waals surface area contributed by atoms with Crippen molar-refractivity contribution in [2.75, 3.05) is 24.6 Å². The Labute approximate surface area is 163 Å². The van der Waals surface area contributed by atoms with E-state index in [1.165, 1.54) is 6.07 Å². The number of hydrogen-bond acceptors (Lipinski definition) is 6. The van der Waals surface area contributed by atoms with Crippen LogP contribution < -0.4 is 26.4 Å². The third-order valence-corrected chi connectivity index (χ3v) is 6.87.